The molecule has 0 aliphatic carbocycles. The van der Waals surface area contributed by atoms with Crippen molar-refractivity contribution in [1.29, 1.82) is 0 Å². The largest absolute Gasteiger partial charge is 0.313 e. The fourth-order valence-corrected chi connectivity index (χ4v) is 3.92. The van der Waals surface area contributed by atoms with E-state index in [1.165, 1.54) is 16.0 Å². The van der Waals surface area contributed by atoms with Gasteiger partial charge >= 0.3 is 0 Å². The third kappa shape index (κ3) is 5.85. The number of hydrogen-bond donors (Lipinski definition) is 1. The topological polar surface area (TPSA) is 12.0 Å². The van der Waals surface area contributed by atoms with Crippen molar-refractivity contribution in [2.24, 2.45) is 0 Å². The maximum Gasteiger partial charge on any atom is 0.0201 e. The average molecular weight is 364 g/mol. The summed E-state index contributed by atoms with van der Waals surface area (Å²) in [6.45, 7) is 5.34. The number of aryl methyl sites for hydroxylation is 1. The third-order valence-electron chi connectivity index (χ3n) is 3.30. The average Bonchev–Trinajstić information content (AvgIpc) is 2.45. The Morgan fingerprint density at radius 1 is 1.14 bits per heavy atom. The van der Waals surface area contributed by atoms with Crippen molar-refractivity contribution in [1.82, 2.24) is 5.32 Å². The number of thioether (sulfide) groups is 1. The molecule has 21 heavy (non-hydrogen) atoms. The van der Waals surface area contributed by atoms with Gasteiger partial charge in [-0.25, -0.2) is 0 Å². The highest BCUT2D eigenvalue weighted by Gasteiger charge is 2.09. The first kappa shape index (κ1) is 16.6. The van der Waals surface area contributed by atoms with E-state index in [4.69, 9.17) is 0 Å². The van der Waals surface area contributed by atoms with Crippen LogP contribution in [0.2, 0.25) is 0 Å². The standard InChI is InChI=1S/C18H22BrNS/c1-3-20-17(11-15-7-4-6-14(2)10-15)13-21-18-9-5-8-16(19)12-18/h4-10,12,17,20H,3,11,13H2,1-2H3. The van der Waals surface area contributed by atoms with Crippen molar-refractivity contribution in [2.75, 3.05) is 12.3 Å². The minimum absolute atomic E-state index is 0.501. The maximum absolute atomic E-state index is 3.60. The molecule has 0 radical (unpaired) electrons. The first-order chi connectivity index (χ1) is 10.2. The molecule has 2 rings (SSSR count). The number of hydrogen-bond acceptors (Lipinski definition) is 2. The summed E-state index contributed by atoms with van der Waals surface area (Å²) in [5.74, 6) is 1.08. The van der Waals surface area contributed by atoms with E-state index < -0.39 is 0 Å². The van der Waals surface area contributed by atoms with Gasteiger partial charge in [0.15, 0.2) is 0 Å². The normalized spacial score (nSPS) is 12.3. The molecule has 0 fully saturated rings. The van der Waals surface area contributed by atoms with E-state index in [1.54, 1.807) is 0 Å². The van der Waals surface area contributed by atoms with Crippen molar-refractivity contribution in [3.05, 3.63) is 64.1 Å². The smallest absolute Gasteiger partial charge is 0.0201 e. The molecular weight excluding hydrogens is 342 g/mol. The van der Waals surface area contributed by atoms with Gasteiger partial charge in [-0.05, 0) is 43.7 Å². The lowest BCUT2D eigenvalue weighted by Crippen LogP contribution is -2.33. The second-order valence-electron chi connectivity index (χ2n) is 5.22. The molecule has 1 nitrogen and oxygen atoms in total. The van der Waals surface area contributed by atoms with Crippen molar-refractivity contribution >= 4 is 27.7 Å². The first-order valence-corrected chi connectivity index (χ1v) is 9.12. The molecule has 2 aromatic rings. The van der Waals surface area contributed by atoms with Crippen LogP contribution in [0.4, 0.5) is 0 Å². The lowest BCUT2D eigenvalue weighted by atomic mass is 10.0. The zero-order chi connectivity index (χ0) is 15.1. The molecule has 1 unspecified atom stereocenters. The van der Waals surface area contributed by atoms with Crippen LogP contribution in [0, 0.1) is 6.92 Å². The first-order valence-electron chi connectivity index (χ1n) is 7.34. The van der Waals surface area contributed by atoms with Gasteiger partial charge < -0.3 is 5.32 Å². The monoisotopic (exact) mass is 363 g/mol. The van der Waals surface area contributed by atoms with Gasteiger partial charge in [0.2, 0.25) is 0 Å². The molecule has 0 aromatic heterocycles. The number of nitrogens with one attached hydrogen (secondary N) is 1. The van der Waals surface area contributed by atoms with Gasteiger partial charge in [0, 0.05) is 21.2 Å². The van der Waals surface area contributed by atoms with Crippen LogP contribution in [0.25, 0.3) is 0 Å². The summed E-state index contributed by atoms with van der Waals surface area (Å²) in [5.41, 5.74) is 2.75. The molecule has 0 bridgehead atoms. The Bertz CT molecular complexity index is 571. The van der Waals surface area contributed by atoms with Crippen molar-refractivity contribution in [2.45, 2.75) is 31.2 Å². The minimum atomic E-state index is 0.501. The summed E-state index contributed by atoms with van der Waals surface area (Å²) >= 11 is 5.45. The van der Waals surface area contributed by atoms with E-state index in [2.05, 4.69) is 83.6 Å². The number of halogens is 1. The molecule has 0 spiro atoms. The van der Waals surface area contributed by atoms with Crippen LogP contribution in [0.3, 0.4) is 0 Å². The Labute approximate surface area is 140 Å². The summed E-state index contributed by atoms with van der Waals surface area (Å²) < 4.78 is 1.14. The highest BCUT2D eigenvalue weighted by molar-refractivity contribution is 9.10. The molecular formula is C18H22BrNS. The summed E-state index contributed by atoms with van der Waals surface area (Å²) in [7, 11) is 0. The third-order valence-corrected chi connectivity index (χ3v) is 4.95. The van der Waals surface area contributed by atoms with Crippen LogP contribution < -0.4 is 5.32 Å². The van der Waals surface area contributed by atoms with Gasteiger partial charge in [-0.1, -0.05) is 58.7 Å². The van der Waals surface area contributed by atoms with E-state index in [-0.39, 0.29) is 0 Å². The van der Waals surface area contributed by atoms with Crippen LogP contribution in [-0.2, 0) is 6.42 Å². The van der Waals surface area contributed by atoms with E-state index in [0.717, 1.165) is 23.2 Å². The molecule has 1 N–H and O–H groups in total. The van der Waals surface area contributed by atoms with Gasteiger partial charge in [-0.3, -0.25) is 0 Å². The van der Waals surface area contributed by atoms with Crippen LogP contribution >= 0.6 is 27.7 Å². The molecule has 0 heterocycles. The summed E-state index contributed by atoms with van der Waals surface area (Å²) in [6.07, 6.45) is 1.08. The highest BCUT2D eigenvalue weighted by Crippen LogP contribution is 2.23. The fraction of sp³-hybridized carbons (Fsp3) is 0.333. The van der Waals surface area contributed by atoms with Crippen LogP contribution in [0.5, 0.6) is 0 Å². The van der Waals surface area contributed by atoms with Crippen LogP contribution in [-0.4, -0.2) is 18.3 Å². The molecule has 0 aliphatic heterocycles. The van der Waals surface area contributed by atoms with Crippen molar-refractivity contribution in [3.8, 4) is 0 Å². The molecule has 1 atom stereocenters. The maximum atomic E-state index is 3.60. The van der Waals surface area contributed by atoms with Gasteiger partial charge in [-0.15, -0.1) is 11.8 Å². The highest BCUT2D eigenvalue weighted by atomic mass is 79.9. The zero-order valence-corrected chi connectivity index (χ0v) is 15.0. The molecule has 0 saturated carbocycles. The van der Waals surface area contributed by atoms with E-state index in [0.29, 0.717) is 6.04 Å². The van der Waals surface area contributed by atoms with E-state index in [1.807, 2.05) is 11.8 Å². The Kier molecular flexibility index (Phi) is 6.81. The van der Waals surface area contributed by atoms with Crippen molar-refractivity contribution < 1.29 is 0 Å². The molecule has 0 aliphatic rings. The van der Waals surface area contributed by atoms with E-state index >= 15 is 0 Å². The van der Waals surface area contributed by atoms with Crippen LogP contribution in [0.15, 0.2) is 57.9 Å². The fourth-order valence-electron chi connectivity index (χ4n) is 2.36. The Morgan fingerprint density at radius 3 is 2.67 bits per heavy atom. The lowest BCUT2D eigenvalue weighted by molar-refractivity contribution is 0.572. The van der Waals surface area contributed by atoms with Gasteiger partial charge in [-0.2, -0.15) is 0 Å². The number of benzene rings is 2. The SMILES string of the molecule is CCNC(CSc1cccc(Br)c1)Cc1cccc(C)c1. The summed E-state index contributed by atoms with van der Waals surface area (Å²) in [5, 5.41) is 3.60. The molecule has 112 valence electrons. The van der Waals surface area contributed by atoms with Crippen LogP contribution in [0.1, 0.15) is 18.1 Å². The Hall–Kier alpha value is -0.770. The molecule has 0 amide bonds. The Balaban J connectivity index is 1.95. The molecule has 3 heteroatoms. The predicted octanol–water partition coefficient (Wildman–Crippen LogP) is 5.07. The minimum Gasteiger partial charge on any atom is -0.313 e. The lowest BCUT2D eigenvalue weighted by Gasteiger charge is -2.18. The Morgan fingerprint density at radius 2 is 1.95 bits per heavy atom. The van der Waals surface area contributed by atoms with Gasteiger partial charge in [0.25, 0.3) is 0 Å². The number of rotatable bonds is 7. The predicted molar refractivity (Wildman–Crippen MR) is 97.2 cm³/mol. The quantitative estimate of drug-likeness (QED) is 0.689. The molecule has 0 saturated heterocycles. The molecule has 2 aromatic carbocycles. The zero-order valence-electron chi connectivity index (χ0n) is 12.6. The second-order valence-corrected chi connectivity index (χ2v) is 7.23. The summed E-state index contributed by atoms with van der Waals surface area (Å²) in [4.78, 5) is 1.32. The second kappa shape index (κ2) is 8.62. The van der Waals surface area contributed by atoms with E-state index in [9.17, 15) is 0 Å². The summed E-state index contributed by atoms with van der Waals surface area (Å²) in [6, 6.07) is 17.8. The van der Waals surface area contributed by atoms with Gasteiger partial charge in [0.05, 0.1) is 0 Å². The van der Waals surface area contributed by atoms with Gasteiger partial charge in [0.1, 0.15) is 0 Å². The van der Waals surface area contributed by atoms with Crippen molar-refractivity contribution in [3.63, 3.8) is 0 Å². The number of likely N-dealkylation sites (N-methyl/N-ethyl adjacent to an activating group) is 1.